The highest BCUT2D eigenvalue weighted by molar-refractivity contribution is 5.89. The first-order chi connectivity index (χ1) is 13.5. The molecule has 1 N–H and O–H groups in total. The van der Waals surface area contributed by atoms with Crippen molar-refractivity contribution in [2.45, 2.75) is 31.9 Å². The van der Waals surface area contributed by atoms with E-state index in [1.54, 1.807) is 38.3 Å². The first-order valence-electron chi connectivity index (χ1n) is 9.12. The van der Waals surface area contributed by atoms with Gasteiger partial charge in [-0.25, -0.2) is 0 Å². The molecular formula is C21H22N2O5. The number of ether oxygens (including phenoxy) is 3. The molecule has 1 atom stereocenters. The van der Waals surface area contributed by atoms with Crippen molar-refractivity contribution >= 4 is 11.6 Å². The van der Waals surface area contributed by atoms with Crippen molar-refractivity contribution in [3.63, 3.8) is 0 Å². The summed E-state index contributed by atoms with van der Waals surface area (Å²) < 4.78 is 15.9. The van der Waals surface area contributed by atoms with Crippen LogP contribution in [0.3, 0.4) is 0 Å². The first kappa shape index (κ1) is 18.3. The molecular weight excluding hydrogens is 360 g/mol. The Morgan fingerprint density at radius 3 is 2.89 bits per heavy atom. The van der Waals surface area contributed by atoms with Crippen LogP contribution < -0.4 is 14.2 Å². The predicted octanol–water partition coefficient (Wildman–Crippen LogP) is 2.81. The van der Waals surface area contributed by atoms with Gasteiger partial charge < -0.3 is 19.3 Å². The van der Waals surface area contributed by atoms with Crippen LogP contribution in [-0.4, -0.2) is 35.6 Å². The minimum Gasteiger partial charge on any atom is -0.497 e. The molecule has 0 radical (unpaired) electrons. The standard InChI is InChI=1S/C21H22N2O5/c1-14-12-21(25,16-4-3-5-17(11-16)26-2)23(22-14)20(24)9-7-15-6-8-18-19(10-15)28-13-27-18/h3-6,8,10-11,25H,7,9,12-13H2,1-2H3/t21-/m1/s1. The van der Waals surface area contributed by atoms with Gasteiger partial charge in [0.2, 0.25) is 12.7 Å². The number of carbonyl (C=O) groups is 1. The maximum Gasteiger partial charge on any atom is 0.245 e. The van der Waals surface area contributed by atoms with Gasteiger partial charge in [0.05, 0.1) is 7.11 Å². The Labute approximate surface area is 163 Å². The van der Waals surface area contributed by atoms with Gasteiger partial charge in [-0.15, -0.1) is 0 Å². The third kappa shape index (κ3) is 3.29. The number of hydrogen-bond donors (Lipinski definition) is 1. The van der Waals surface area contributed by atoms with Gasteiger partial charge in [0, 0.05) is 24.1 Å². The third-order valence-electron chi connectivity index (χ3n) is 4.96. The Balaban J connectivity index is 1.51. The number of amides is 1. The van der Waals surface area contributed by atoms with Gasteiger partial charge in [0.15, 0.2) is 17.2 Å². The zero-order valence-corrected chi connectivity index (χ0v) is 15.8. The summed E-state index contributed by atoms with van der Waals surface area (Å²) in [4.78, 5) is 12.9. The second kappa shape index (κ2) is 7.16. The number of carbonyl (C=O) groups excluding carboxylic acids is 1. The van der Waals surface area contributed by atoms with E-state index in [1.807, 2.05) is 18.2 Å². The Morgan fingerprint density at radius 2 is 2.07 bits per heavy atom. The van der Waals surface area contributed by atoms with Crippen molar-refractivity contribution in [1.29, 1.82) is 0 Å². The smallest absolute Gasteiger partial charge is 0.245 e. The minimum atomic E-state index is -1.51. The number of benzene rings is 2. The number of rotatable bonds is 5. The van der Waals surface area contributed by atoms with E-state index in [0.717, 1.165) is 5.56 Å². The van der Waals surface area contributed by atoms with E-state index < -0.39 is 5.72 Å². The summed E-state index contributed by atoms with van der Waals surface area (Å²) in [6, 6.07) is 12.7. The van der Waals surface area contributed by atoms with E-state index in [9.17, 15) is 9.90 Å². The molecule has 1 amide bonds. The molecule has 0 unspecified atom stereocenters. The van der Waals surface area contributed by atoms with Crippen molar-refractivity contribution in [3.8, 4) is 17.2 Å². The van der Waals surface area contributed by atoms with Gasteiger partial charge in [-0.3, -0.25) is 4.79 Å². The number of hydrogen-bond acceptors (Lipinski definition) is 6. The zero-order chi connectivity index (χ0) is 19.7. The topological polar surface area (TPSA) is 80.6 Å². The van der Waals surface area contributed by atoms with Crippen molar-refractivity contribution in [3.05, 3.63) is 53.6 Å². The van der Waals surface area contributed by atoms with Crippen LogP contribution in [0.2, 0.25) is 0 Å². The monoisotopic (exact) mass is 382 g/mol. The predicted molar refractivity (Wildman–Crippen MR) is 102 cm³/mol. The van der Waals surface area contributed by atoms with E-state index in [4.69, 9.17) is 14.2 Å². The summed E-state index contributed by atoms with van der Waals surface area (Å²) in [5.41, 5.74) is 0.720. The lowest BCUT2D eigenvalue weighted by Gasteiger charge is -2.31. The number of fused-ring (bicyclic) bond motifs is 1. The first-order valence-corrected chi connectivity index (χ1v) is 9.12. The van der Waals surface area contributed by atoms with Crippen LogP contribution in [0.15, 0.2) is 47.6 Å². The lowest BCUT2D eigenvalue weighted by molar-refractivity contribution is -0.157. The number of aliphatic hydroxyl groups is 1. The fourth-order valence-electron chi connectivity index (χ4n) is 3.53. The fraction of sp³-hybridized carbons (Fsp3) is 0.333. The number of hydrazone groups is 1. The molecule has 2 aliphatic heterocycles. The van der Waals surface area contributed by atoms with Crippen molar-refractivity contribution in [1.82, 2.24) is 5.01 Å². The van der Waals surface area contributed by atoms with Gasteiger partial charge in [0.25, 0.3) is 0 Å². The Bertz CT molecular complexity index is 942. The van der Waals surface area contributed by atoms with E-state index >= 15 is 0 Å². The van der Waals surface area contributed by atoms with Crippen molar-refractivity contribution in [2.24, 2.45) is 5.10 Å². The summed E-state index contributed by atoms with van der Waals surface area (Å²) >= 11 is 0. The molecule has 4 rings (SSSR count). The second-order valence-corrected chi connectivity index (χ2v) is 6.95. The average molecular weight is 382 g/mol. The molecule has 0 aromatic heterocycles. The van der Waals surface area contributed by atoms with Crippen LogP contribution >= 0.6 is 0 Å². The van der Waals surface area contributed by atoms with E-state index in [1.165, 1.54) is 5.01 Å². The summed E-state index contributed by atoms with van der Waals surface area (Å²) in [5.74, 6) is 1.76. The van der Waals surface area contributed by atoms with Gasteiger partial charge in [-0.05, 0) is 43.2 Å². The highest BCUT2D eigenvalue weighted by atomic mass is 16.7. The second-order valence-electron chi connectivity index (χ2n) is 6.95. The number of nitrogens with zero attached hydrogens (tertiary/aromatic N) is 2. The molecule has 2 heterocycles. The highest BCUT2D eigenvalue weighted by Gasteiger charge is 2.44. The molecule has 0 saturated carbocycles. The third-order valence-corrected chi connectivity index (χ3v) is 4.96. The van der Waals surface area contributed by atoms with E-state index in [-0.39, 0.29) is 25.5 Å². The summed E-state index contributed by atoms with van der Waals surface area (Å²) in [6.45, 7) is 2.02. The Morgan fingerprint density at radius 1 is 1.25 bits per heavy atom. The molecule has 28 heavy (non-hydrogen) atoms. The maximum absolute atomic E-state index is 12.9. The van der Waals surface area contributed by atoms with Crippen molar-refractivity contribution in [2.75, 3.05) is 13.9 Å². The van der Waals surface area contributed by atoms with Crippen molar-refractivity contribution < 1.29 is 24.1 Å². The highest BCUT2D eigenvalue weighted by Crippen LogP contribution is 2.37. The fourth-order valence-corrected chi connectivity index (χ4v) is 3.53. The molecule has 0 fully saturated rings. The SMILES string of the molecule is COc1cccc([C@]2(O)CC(C)=NN2C(=O)CCc2ccc3c(c2)OCO3)c1. The van der Waals surface area contributed by atoms with Crippen LogP contribution in [0.5, 0.6) is 17.2 Å². The Kier molecular flexibility index (Phi) is 4.68. The molecule has 7 nitrogen and oxygen atoms in total. The molecule has 2 aliphatic rings. The van der Waals surface area contributed by atoms with Crippen LogP contribution in [0.4, 0.5) is 0 Å². The summed E-state index contributed by atoms with van der Waals surface area (Å²) in [6.07, 6.45) is 0.980. The average Bonchev–Trinajstić information content (AvgIpc) is 3.30. The lowest BCUT2D eigenvalue weighted by Crippen LogP contribution is -2.43. The number of aryl methyl sites for hydroxylation is 1. The normalized spacial score (nSPS) is 20.2. The van der Waals surface area contributed by atoms with Crippen LogP contribution in [0.1, 0.15) is 30.9 Å². The lowest BCUT2D eigenvalue weighted by atomic mass is 9.97. The van der Waals surface area contributed by atoms with Gasteiger partial charge in [-0.2, -0.15) is 10.1 Å². The van der Waals surface area contributed by atoms with Crippen LogP contribution in [0, 0.1) is 0 Å². The molecule has 0 bridgehead atoms. The molecule has 2 aromatic carbocycles. The van der Waals surface area contributed by atoms with Gasteiger partial charge >= 0.3 is 0 Å². The molecule has 0 spiro atoms. The molecule has 7 heteroatoms. The van der Waals surface area contributed by atoms with E-state index in [0.29, 0.717) is 34.9 Å². The zero-order valence-electron chi connectivity index (χ0n) is 15.8. The summed E-state index contributed by atoms with van der Waals surface area (Å²) in [5, 5.41) is 16.8. The molecule has 2 aromatic rings. The minimum absolute atomic E-state index is 0.211. The summed E-state index contributed by atoms with van der Waals surface area (Å²) in [7, 11) is 1.56. The van der Waals surface area contributed by atoms with Gasteiger partial charge in [-0.1, -0.05) is 18.2 Å². The van der Waals surface area contributed by atoms with Crippen LogP contribution in [0.25, 0.3) is 0 Å². The Hall–Kier alpha value is -3.06. The molecule has 0 saturated heterocycles. The number of methoxy groups -OCH3 is 1. The van der Waals surface area contributed by atoms with Gasteiger partial charge in [0.1, 0.15) is 5.75 Å². The van der Waals surface area contributed by atoms with E-state index in [2.05, 4.69) is 5.10 Å². The largest absolute Gasteiger partial charge is 0.497 e. The molecule has 0 aliphatic carbocycles. The van der Waals surface area contributed by atoms with Crippen LogP contribution in [-0.2, 0) is 16.9 Å². The maximum atomic E-state index is 12.9. The quantitative estimate of drug-likeness (QED) is 0.860. The molecule has 146 valence electrons.